The molecule has 0 aliphatic carbocycles. The summed E-state index contributed by atoms with van der Waals surface area (Å²) >= 11 is 0. The Balaban J connectivity index is 2.79. The van der Waals surface area contributed by atoms with Gasteiger partial charge in [-0.2, -0.15) is 0 Å². The Morgan fingerprint density at radius 2 is 2.07 bits per heavy atom. The second kappa shape index (κ2) is 4.34. The molecule has 1 aromatic rings. The average molecular weight is 208 g/mol. The lowest BCUT2D eigenvalue weighted by atomic mass is 10.1. The second-order valence-corrected chi connectivity index (χ2v) is 4.43. The number of hydrogen-bond acceptors (Lipinski definition) is 2. The normalized spacial score (nSPS) is 11.1. The van der Waals surface area contributed by atoms with Crippen LogP contribution in [0.3, 0.4) is 0 Å². The molecule has 0 fully saturated rings. The fraction of sp³-hybridized carbons (Fsp3) is 0.417. The summed E-state index contributed by atoms with van der Waals surface area (Å²) in [6.07, 6.45) is 0.0291. The van der Waals surface area contributed by atoms with Gasteiger partial charge < -0.3 is 9.84 Å². The lowest BCUT2D eigenvalue weighted by molar-refractivity contribution is -0.136. The summed E-state index contributed by atoms with van der Waals surface area (Å²) in [5, 5.41) is 8.65. The molecule has 0 aliphatic rings. The lowest BCUT2D eigenvalue weighted by Gasteiger charge is -2.21. The standard InChI is InChI=1S/C12H16O3/c1-12(2,3)15-10-6-4-5-9(7-10)8-11(13)14/h4-7H,8H2,1-3H3,(H,13,14). The van der Waals surface area contributed by atoms with Gasteiger partial charge in [0.25, 0.3) is 0 Å². The summed E-state index contributed by atoms with van der Waals surface area (Å²) in [4.78, 5) is 10.5. The molecular formula is C12H16O3. The van der Waals surface area contributed by atoms with Crippen LogP contribution in [0.5, 0.6) is 5.75 Å². The predicted molar refractivity (Wildman–Crippen MR) is 58.2 cm³/mol. The fourth-order valence-electron chi connectivity index (χ4n) is 1.25. The van der Waals surface area contributed by atoms with Crippen LogP contribution in [0.4, 0.5) is 0 Å². The molecule has 1 rings (SSSR count). The molecular weight excluding hydrogens is 192 g/mol. The highest BCUT2D eigenvalue weighted by molar-refractivity contribution is 5.70. The maximum Gasteiger partial charge on any atom is 0.307 e. The van der Waals surface area contributed by atoms with Gasteiger partial charge in [0.15, 0.2) is 0 Å². The fourth-order valence-corrected chi connectivity index (χ4v) is 1.25. The summed E-state index contributed by atoms with van der Waals surface area (Å²) in [6.45, 7) is 5.87. The van der Waals surface area contributed by atoms with Gasteiger partial charge in [-0.25, -0.2) is 0 Å². The number of benzene rings is 1. The number of ether oxygens (including phenoxy) is 1. The molecule has 15 heavy (non-hydrogen) atoms. The van der Waals surface area contributed by atoms with E-state index in [2.05, 4.69) is 0 Å². The van der Waals surface area contributed by atoms with Crippen molar-refractivity contribution in [3.8, 4) is 5.75 Å². The van der Waals surface area contributed by atoms with E-state index in [1.165, 1.54) is 0 Å². The predicted octanol–water partition coefficient (Wildman–Crippen LogP) is 2.49. The summed E-state index contributed by atoms with van der Waals surface area (Å²) in [5.74, 6) is -0.121. The third-order valence-corrected chi connectivity index (χ3v) is 1.68. The van der Waals surface area contributed by atoms with Gasteiger partial charge in [-0.1, -0.05) is 12.1 Å². The van der Waals surface area contributed by atoms with Crippen LogP contribution in [-0.2, 0) is 11.2 Å². The highest BCUT2D eigenvalue weighted by Crippen LogP contribution is 2.19. The van der Waals surface area contributed by atoms with Crippen molar-refractivity contribution in [2.75, 3.05) is 0 Å². The zero-order valence-corrected chi connectivity index (χ0v) is 9.28. The molecule has 0 aliphatic heterocycles. The van der Waals surface area contributed by atoms with Gasteiger partial charge >= 0.3 is 5.97 Å². The van der Waals surface area contributed by atoms with Crippen LogP contribution in [0.15, 0.2) is 24.3 Å². The molecule has 0 bridgehead atoms. The zero-order chi connectivity index (χ0) is 11.5. The summed E-state index contributed by atoms with van der Waals surface area (Å²) in [6, 6.07) is 7.18. The maximum atomic E-state index is 10.5. The van der Waals surface area contributed by atoms with Crippen molar-refractivity contribution in [1.82, 2.24) is 0 Å². The molecule has 0 saturated carbocycles. The number of carboxylic acids is 1. The summed E-state index contributed by atoms with van der Waals surface area (Å²) in [7, 11) is 0. The molecule has 0 unspecified atom stereocenters. The van der Waals surface area contributed by atoms with Crippen LogP contribution >= 0.6 is 0 Å². The van der Waals surface area contributed by atoms with Crippen LogP contribution in [0.25, 0.3) is 0 Å². The third-order valence-electron chi connectivity index (χ3n) is 1.68. The number of carboxylic acid groups (broad SMARTS) is 1. The van der Waals surface area contributed by atoms with Gasteiger partial charge in [0, 0.05) is 0 Å². The first kappa shape index (κ1) is 11.6. The van der Waals surface area contributed by atoms with Gasteiger partial charge in [0.1, 0.15) is 11.4 Å². The van der Waals surface area contributed by atoms with E-state index >= 15 is 0 Å². The van der Waals surface area contributed by atoms with Crippen molar-refractivity contribution in [3.63, 3.8) is 0 Å². The van der Waals surface area contributed by atoms with Crippen molar-refractivity contribution in [2.45, 2.75) is 32.8 Å². The molecule has 3 heteroatoms. The smallest absolute Gasteiger partial charge is 0.307 e. The van der Waals surface area contributed by atoms with Crippen LogP contribution in [0.1, 0.15) is 26.3 Å². The van der Waals surface area contributed by atoms with Crippen molar-refractivity contribution in [3.05, 3.63) is 29.8 Å². The van der Waals surface area contributed by atoms with Gasteiger partial charge in [-0.15, -0.1) is 0 Å². The Bertz CT molecular complexity index is 350. The molecule has 0 heterocycles. The van der Waals surface area contributed by atoms with E-state index < -0.39 is 5.97 Å². The lowest BCUT2D eigenvalue weighted by Crippen LogP contribution is -2.23. The number of rotatable bonds is 3. The minimum absolute atomic E-state index is 0.0291. The van der Waals surface area contributed by atoms with E-state index in [1.54, 1.807) is 18.2 Å². The molecule has 0 aromatic heterocycles. The van der Waals surface area contributed by atoms with E-state index in [-0.39, 0.29) is 12.0 Å². The van der Waals surface area contributed by atoms with Crippen molar-refractivity contribution < 1.29 is 14.6 Å². The Kier molecular flexibility index (Phi) is 3.35. The molecule has 0 saturated heterocycles. The summed E-state index contributed by atoms with van der Waals surface area (Å²) in [5.41, 5.74) is 0.492. The molecule has 0 amide bonds. The van der Waals surface area contributed by atoms with Gasteiger partial charge in [0.2, 0.25) is 0 Å². The van der Waals surface area contributed by atoms with Crippen LogP contribution in [0.2, 0.25) is 0 Å². The van der Waals surface area contributed by atoms with Crippen LogP contribution in [0, 0.1) is 0 Å². The van der Waals surface area contributed by atoms with E-state index in [9.17, 15) is 4.79 Å². The van der Waals surface area contributed by atoms with Gasteiger partial charge in [0.05, 0.1) is 6.42 Å². The molecule has 0 spiro atoms. The van der Waals surface area contributed by atoms with E-state index in [0.29, 0.717) is 5.75 Å². The zero-order valence-electron chi connectivity index (χ0n) is 9.28. The Labute approximate surface area is 89.7 Å². The molecule has 0 atom stereocenters. The Morgan fingerprint density at radius 3 is 2.60 bits per heavy atom. The van der Waals surface area contributed by atoms with Gasteiger partial charge in [-0.3, -0.25) is 4.79 Å². The highest BCUT2D eigenvalue weighted by Gasteiger charge is 2.12. The van der Waals surface area contributed by atoms with Crippen molar-refractivity contribution >= 4 is 5.97 Å². The molecule has 3 nitrogen and oxygen atoms in total. The van der Waals surface area contributed by atoms with E-state index in [0.717, 1.165) is 5.56 Å². The topological polar surface area (TPSA) is 46.5 Å². The number of aliphatic carboxylic acids is 1. The van der Waals surface area contributed by atoms with Crippen LogP contribution in [-0.4, -0.2) is 16.7 Å². The molecule has 1 N–H and O–H groups in total. The summed E-state index contributed by atoms with van der Waals surface area (Å²) < 4.78 is 5.63. The monoisotopic (exact) mass is 208 g/mol. The third kappa shape index (κ3) is 4.49. The maximum absolute atomic E-state index is 10.5. The van der Waals surface area contributed by atoms with Gasteiger partial charge in [-0.05, 0) is 38.5 Å². The first-order valence-electron chi connectivity index (χ1n) is 4.86. The van der Waals surface area contributed by atoms with Crippen molar-refractivity contribution in [2.24, 2.45) is 0 Å². The van der Waals surface area contributed by atoms with E-state index in [4.69, 9.17) is 9.84 Å². The Hall–Kier alpha value is -1.51. The first-order chi connectivity index (χ1) is 6.87. The molecule has 82 valence electrons. The Morgan fingerprint density at radius 1 is 1.40 bits per heavy atom. The SMILES string of the molecule is CC(C)(C)Oc1cccc(CC(=O)O)c1. The highest BCUT2D eigenvalue weighted by atomic mass is 16.5. The first-order valence-corrected chi connectivity index (χ1v) is 4.86. The van der Waals surface area contributed by atoms with Crippen LogP contribution < -0.4 is 4.74 Å². The minimum Gasteiger partial charge on any atom is -0.488 e. The second-order valence-electron chi connectivity index (χ2n) is 4.43. The minimum atomic E-state index is -0.831. The molecule has 0 radical (unpaired) electrons. The number of carbonyl (C=O) groups is 1. The van der Waals surface area contributed by atoms with E-state index in [1.807, 2.05) is 26.8 Å². The molecule has 1 aromatic carbocycles. The number of hydrogen-bond donors (Lipinski definition) is 1. The average Bonchev–Trinajstić information content (AvgIpc) is 1.99. The quantitative estimate of drug-likeness (QED) is 0.830. The largest absolute Gasteiger partial charge is 0.488 e. The van der Waals surface area contributed by atoms with Crippen molar-refractivity contribution in [1.29, 1.82) is 0 Å².